The number of nitrogens with one attached hydrogen (secondary N) is 1. The van der Waals surface area contributed by atoms with Crippen LogP contribution in [0.5, 0.6) is 17.4 Å². The van der Waals surface area contributed by atoms with Gasteiger partial charge in [0.25, 0.3) is 5.91 Å². The van der Waals surface area contributed by atoms with Crippen molar-refractivity contribution in [2.24, 2.45) is 0 Å². The van der Waals surface area contributed by atoms with Crippen molar-refractivity contribution in [3.05, 3.63) is 69.8 Å². The Morgan fingerprint density at radius 2 is 1.88 bits per heavy atom. The number of aromatic nitrogens is 1. The number of carbonyl (C=O) groups excluding carboxylic acids is 1. The summed E-state index contributed by atoms with van der Waals surface area (Å²) in [6.45, 7) is 2.70. The van der Waals surface area contributed by atoms with E-state index >= 15 is 0 Å². The van der Waals surface area contributed by atoms with Crippen LogP contribution in [0.4, 0.5) is 0 Å². The third kappa shape index (κ3) is 5.79. The summed E-state index contributed by atoms with van der Waals surface area (Å²) in [5.41, 5.74) is 2.27. The molecule has 0 radical (unpaired) electrons. The minimum absolute atomic E-state index is 0.125. The standard InChI is InChI=1S/C23H20Cl2N2O6S/c1-13-3-5-16(9-19(13)24)33-23-20(25)7-15(10-26-23)18-6-4-14(22(28)27-34(2,29)30)8-21(18)32-17-11-31-12-17/h3-10,17H,11-12H2,1-2H3,(H,27,28). The van der Waals surface area contributed by atoms with Crippen molar-refractivity contribution in [2.75, 3.05) is 19.5 Å². The Balaban J connectivity index is 1.64. The highest BCUT2D eigenvalue weighted by atomic mass is 35.5. The number of hydrogen-bond acceptors (Lipinski definition) is 7. The van der Waals surface area contributed by atoms with E-state index in [0.717, 1.165) is 11.8 Å². The second-order valence-corrected chi connectivity index (χ2v) is 10.3. The van der Waals surface area contributed by atoms with Crippen molar-refractivity contribution in [2.45, 2.75) is 13.0 Å². The average Bonchev–Trinajstić information content (AvgIpc) is 2.73. The number of pyridine rings is 1. The van der Waals surface area contributed by atoms with E-state index in [2.05, 4.69) is 4.98 Å². The van der Waals surface area contributed by atoms with Gasteiger partial charge in [0.2, 0.25) is 15.9 Å². The number of carbonyl (C=O) groups is 1. The van der Waals surface area contributed by atoms with Crippen LogP contribution < -0.4 is 14.2 Å². The highest BCUT2D eigenvalue weighted by Gasteiger charge is 2.23. The van der Waals surface area contributed by atoms with Gasteiger partial charge in [-0.25, -0.2) is 18.1 Å². The summed E-state index contributed by atoms with van der Waals surface area (Å²) >= 11 is 12.6. The quantitative estimate of drug-likeness (QED) is 0.482. The number of rotatable bonds is 7. The van der Waals surface area contributed by atoms with Crippen LogP contribution in [0.3, 0.4) is 0 Å². The van der Waals surface area contributed by atoms with Crippen molar-refractivity contribution < 1.29 is 27.4 Å². The van der Waals surface area contributed by atoms with Crippen LogP contribution in [0.2, 0.25) is 10.0 Å². The topological polar surface area (TPSA) is 104 Å². The lowest BCUT2D eigenvalue weighted by Gasteiger charge is -2.28. The monoisotopic (exact) mass is 522 g/mol. The van der Waals surface area contributed by atoms with E-state index in [4.69, 9.17) is 37.4 Å². The molecule has 1 aromatic heterocycles. The molecule has 0 saturated carbocycles. The van der Waals surface area contributed by atoms with E-state index in [9.17, 15) is 13.2 Å². The van der Waals surface area contributed by atoms with Crippen LogP contribution in [-0.2, 0) is 14.8 Å². The highest BCUT2D eigenvalue weighted by molar-refractivity contribution is 7.89. The summed E-state index contributed by atoms with van der Waals surface area (Å²) in [5, 5.41) is 0.818. The molecule has 1 amide bonds. The van der Waals surface area contributed by atoms with Gasteiger partial charge in [-0.15, -0.1) is 0 Å². The predicted octanol–water partition coefficient (Wildman–Crippen LogP) is 4.62. The van der Waals surface area contributed by atoms with E-state index in [1.165, 1.54) is 12.1 Å². The van der Waals surface area contributed by atoms with Crippen molar-refractivity contribution in [3.8, 4) is 28.5 Å². The van der Waals surface area contributed by atoms with Gasteiger partial charge in [-0.05, 0) is 48.9 Å². The normalized spacial score (nSPS) is 13.8. The molecule has 1 saturated heterocycles. The van der Waals surface area contributed by atoms with E-state index in [0.29, 0.717) is 40.9 Å². The summed E-state index contributed by atoms with van der Waals surface area (Å²) in [6, 6.07) is 11.5. The van der Waals surface area contributed by atoms with Crippen molar-refractivity contribution in [1.82, 2.24) is 9.71 Å². The smallest absolute Gasteiger partial charge is 0.264 e. The molecule has 4 rings (SSSR count). The largest absolute Gasteiger partial charge is 0.485 e. The fourth-order valence-corrected chi connectivity index (χ4v) is 3.92. The fourth-order valence-electron chi connectivity index (χ4n) is 3.09. The fraction of sp³-hybridized carbons (Fsp3) is 0.217. The second kappa shape index (κ2) is 9.79. The SMILES string of the molecule is Cc1ccc(Oc2ncc(-c3ccc(C(=O)NS(C)(=O)=O)cc3OC3COC3)cc2Cl)cc1Cl. The first kappa shape index (κ1) is 24.3. The van der Waals surface area contributed by atoms with Crippen molar-refractivity contribution in [1.29, 1.82) is 0 Å². The number of nitrogens with zero attached hydrogens (tertiary/aromatic N) is 1. The predicted molar refractivity (Wildman–Crippen MR) is 128 cm³/mol. The zero-order valence-electron chi connectivity index (χ0n) is 18.2. The van der Waals surface area contributed by atoms with E-state index in [1.807, 2.05) is 17.7 Å². The number of hydrogen-bond donors (Lipinski definition) is 1. The Labute approximate surface area is 206 Å². The number of ether oxygens (including phenoxy) is 3. The lowest BCUT2D eigenvalue weighted by Crippen LogP contribution is -2.38. The molecule has 2 aromatic carbocycles. The molecule has 1 N–H and O–H groups in total. The van der Waals surface area contributed by atoms with Crippen LogP contribution >= 0.6 is 23.2 Å². The van der Waals surface area contributed by atoms with Gasteiger partial charge in [0.1, 0.15) is 22.6 Å². The molecule has 0 bridgehead atoms. The Hall–Kier alpha value is -2.85. The second-order valence-electron chi connectivity index (χ2n) is 7.72. The summed E-state index contributed by atoms with van der Waals surface area (Å²) in [5.74, 6) is 0.295. The van der Waals surface area contributed by atoms with Crippen LogP contribution in [0.15, 0.2) is 48.7 Å². The molecule has 3 aromatic rings. The Bertz CT molecular complexity index is 1360. The molecular formula is C23H20Cl2N2O6S. The first-order valence-electron chi connectivity index (χ1n) is 10.1. The van der Waals surface area contributed by atoms with Gasteiger partial charge in [-0.3, -0.25) is 4.79 Å². The Morgan fingerprint density at radius 3 is 2.50 bits per heavy atom. The molecule has 2 heterocycles. The van der Waals surface area contributed by atoms with Gasteiger partial charge in [-0.2, -0.15) is 0 Å². The maximum Gasteiger partial charge on any atom is 0.264 e. The third-order valence-corrected chi connectivity index (χ3v) is 6.13. The van der Waals surface area contributed by atoms with Crippen molar-refractivity contribution in [3.63, 3.8) is 0 Å². The maximum atomic E-state index is 12.3. The van der Waals surface area contributed by atoms with Gasteiger partial charge in [0.15, 0.2) is 0 Å². The van der Waals surface area contributed by atoms with Gasteiger partial charge < -0.3 is 14.2 Å². The minimum Gasteiger partial charge on any atom is -0.485 e. The number of sulfonamides is 1. The first-order valence-corrected chi connectivity index (χ1v) is 12.7. The molecular weight excluding hydrogens is 503 g/mol. The molecule has 11 heteroatoms. The molecule has 1 aliphatic rings. The Kier molecular flexibility index (Phi) is 6.99. The number of aryl methyl sites for hydroxylation is 1. The van der Waals surface area contributed by atoms with Gasteiger partial charge in [0, 0.05) is 27.9 Å². The van der Waals surface area contributed by atoms with E-state index < -0.39 is 15.9 Å². The van der Waals surface area contributed by atoms with Gasteiger partial charge in [-0.1, -0.05) is 29.3 Å². The van der Waals surface area contributed by atoms with Gasteiger partial charge in [0.05, 0.1) is 19.5 Å². The molecule has 0 aliphatic carbocycles. The van der Waals surface area contributed by atoms with Crippen molar-refractivity contribution >= 4 is 39.1 Å². The molecule has 34 heavy (non-hydrogen) atoms. The summed E-state index contributed by atoms with van der Waals surface area (Å²) < 4.78 is 41.7. The third-order valence-electron chi connectivity index (χ3n) is 4.90. The summed E-state index contributed by atoms with van der Waals surface area (Å²) in [6.07, 6.45) is 2.28. The lowest BCUT2D eigenvalue weighted by atomic mass is 10.0. The number of benzene rings is 2. The first-order chi connectivity index (χ1) is 16.1. The highest BCUT2D eigenvalue weighted by Crippen LogP contribution is 2.37. The Morgan fingerprint density at radius 1 is 1.12 bits per heavy atom. The lowest BCUT2D eigenvalue weighted by molar-refractivity contribution is -0.0794. The van der Waals surface area contributed by atoms with Crippen LogP contribution in [0, 0.1) is 6.92 Å². The maximum absolute atomic E-state index is 12.3. The molecule has 8 nitrogen and oxygen atoms in total. The molecule has 0 atom stereocenters. The van der Waals surface area contributed by atoms with Crippen LogP contribution in [-0.4, -0.2) is 44.9 Å². The van der Waals surface area contributed by atoms with E-state index in [-0.39, 0.29) is 22.6 Å². The summed E-state index contributed by atoms with van der Waals surface area (Å²) in [7, 11) is -3.71. The molecule has 0 spiro atoms. The molecule has 178 valence electrons. The summed E-state index contributed by atoms with van der Waals surface area (Å²) in [4.78, 5) is 16.6. The molecule has 1 aliphatic heterocycles. The molecule has 0 unspecified atom stereocenters. The van der Waals surface area contributed by atoms with Crippen LogP contribution in [0.25, 0.3) is 11.1 Å². The average molecular weight is 523 g/mol. The van der Waals surface area contributed by atoms with Crippen LogP contribution in [0.1, 0.15) is 15.9 Å². The minimum atomic E-state index is -3.71. The van der Waals surface area contributed by atoms with Gasteiger partial charge >= 0.3 is 0 Å². The molecule has 1 fully saturated rings. The van der Waals surface area contributed by atoms with E-state index in [1.54, 1.807) is 30.5 Å². The zero-order valence-corrected chi connectivity index (χ0v) is 20.5. The number of amides is 1. The number of halogens is 2. The zero-order chi connectivity index (χ0) is 24.5.